The molecule has 0 bridgehead atoms. The van der Waals surface area contributed by atoms with Gasteiger partial charge in [0, 0.05) is 11.8 Å². The highest BCUT2D eigenvalue weighted by Gasteiger charge is 2.11. The van der Waals surface area contributed by atoms with Crippen LogP contribution in [-0.2, 0) is 0 Å². The molecule has 0 unspecified atom stereocenters. The zero-order chi connectivity index (χ0) is 11.5. The Kier molecular flexibility index (Phi) is 2.72. The van der Waals surface area contributed by atoms with E-state index in [9.17, 15) is 9.50 Å². The number of rotatable bonds is 2. The Balaban J connectivity index is 2.62. The van der Waals surface area contributed by atoms with Crippen molar-refractivity contribution in [1.82, 2.24) is 4.98 Å². The number of pyridine rings is 1. The molecule has 0 atom stereocenters. The van der Waals surface area contributed by atoms with Gasteiger partial charge in [-0.2, -0.15) is 0 Å². The smallest absolute Gasteiger partial charge is 0.145 e. The Labute approximate surface area is 92.1 Å². The highest BCUT2D eigenvalue weighted by molar-refractivity contribution is 5.71. The highest BCUT2D eigenvalue weighted by atomic mass is 19.1. The van der Waals surface area contributed by atoms with E-state index in [1.807, 2.05) is 0 Å². The first-order valence-corrected chi connectivity index (χ1v) is 4.70. The summed E-state index contributed by atoms with van der Waals surface area (Å²) in [4.78, 5) is 4.07. The molecule has 0 radical (unpaired) electrons. The fourth-order valence-corrected chi connectivity index (χ4v) is 1.46. The zero-order valence-electron chi connectivity index (χ0n) is 8.64. The molecule has 0 saturated carbocycles. The lowest BCUT2D eigenvalue weighted by molar-refractivity contribution is 0.414. The molecule has 0 aliphatic rings. The van der Waals surface area contributed by atoms with Crippen LogP contribution >= 0.6 is 0 Å². The van der Waals surface area contributed by atoms with Crippen LogP contribution in [0.3, 0.4) is 0 Å². The van der Waals surface area contributed by atoms with E-state index in [4.69, 9.17) is 4.74 Å². The lowest BCUT2D eigenvalue weighted by Crippen LogP contribution is -1.91. The zero-order valence-corrected chi connectivity index (χ0v) is 8.64. The van der Waals surface area contributed by atoms with E-state index >= 15 is 0 Å². The van der Waals surface area contributed by atoms with Gasteiger partial charge in [-0.25, -0.2) is 4.39 Å². The van der Waals surface area contributed by atoms with Crippen molar-refractivity contribution in [3.8, 4) is 22.8 Å². The van der Waals surface area contributed by atoms with Crippen LogP contribution in [0.4, 0.5) is 4.39 Å². The van der Waals surface area contributed by atoms with E-state index < -0.39 is 5.82 Å². The van der Waals surface area contributed by atoms with E-state index in [0.29, 0.717) is 17.0 Å². The van der Waals surface area contributed by atoms with Gasteiger partial charge in [-0.05, 0) is 30.3 Å². The molecule has 16 heavy (non-hydrogen) atoms. The third-order valence-corrected chi connectivity index (χ3v) is 2.20. The average Bonchev–Trinajstić information content (AvgIpc) is 2.32. The number of methoxy groups -OCH3 is 1. The van der Waals surface area contributed by atoms with Gasteiger partial charge in [0.15, 0.2) is 0 Å². The molecule has 1 N–H and O–H groups in total. The van der Waals surface area contributed by atoms with Crippen LogP contribution in [0.1, 0.15) is 0 Å². The average molecular weight is 219 g/mol. The maximum absolute atomic E-state index is 13.1. The van der Waals surface area contributed by atoms with Crippen LogP contribution in [0.25, 0.3) is 11.3 Å². The van der Waals surface area contributed by atoms with Crippen molar-refractivity contribution in [3.05, 3.63) is 42.3 Å². The number of phenolic OH excluding ortho intramolecular Hbond substituents is 1. The quantitative estimate of drug-likeness (QED) is 0.844. The van der Waals surface area contributed by atoms with Crippen LogP contribution < -0.4 is 4.74 Å². The molecule has 1 heterocycles. The van der Waals surface area contributed by atoms with Gasteiger partial charge in [-0.1, -0.05) is 0 Å². The number of halogens is 1. The van der Waals surface area contributed by atoms with Crippen molar-refractivity contribution in [2.75, 3.05) is 7.11 Å². The Morgan fingerprint density at radius 3 is 2.88 bits per heavy atom. The monoisotopic (exact) mass is 219 g/mol. The normalized spacial score (nSPS) is 10.1. The molecule has 0 aliphatic heterocycles. The SMILES string of the molecule is COc1cccnc1-c1cc(F)ccc1O. The van der Waals surface area contributed by atoms with Crippen LogP contribution in [-0.4, -0.2) is 17.2 Å². The molecule has 0 spiro atoms. The molecule has 1 aromatic heterocycles. The lowest BCUT2D eigenvalue weighted by atomic mass is 10.1. The third kappa shape index (κ3) is 1.82. The molecule has 3 nitrogen and oxygen atoms in total. The predicted octanol–water partition coefficient (Wildman–Crippen LogP) is 2.60. The number of benzene rings is 1. The number of aromatic hydroxyl groups is 1. The second-order valence-corrected chi connectivity index (χ2v) is 3.22. The van der Waals surface area contributed by atoms with Crippen molar-refractivity contribution >= 4 is 0 Å². The number of aromatic nitrogens is 1. The third-order valence-electron chi connectivity index (χ3n) is 2.20. The molecule has 4 heteroatoms. The molecule has 0 saturated heterocycles. The van der Waals surface area contributed by atoms with Crippen molar-refractivity contribution in [2.24, 2.45) is 0 Å². The Morgan fingerprint density at radius 1 is 1.31 bits per heavy atom. The summed E-state index contributed by atoms with van der Waals surface area (Å²) in [6.45, 7) is 0. The minimum Gasteiger partial charge on any atom is -0.507 e. The van der Waals surface area contributed by atoms with Crippen molar-refractivity contribution in [2.45, 2.75) is 0 Å². The van der Waals surface area contributed by atoms with E-state index in [-0.39, 0.29) is 5.75 Å². The number of phenols is 1. The molecule has 0 fully saturated rings. The largest absolute Gasteiger partial charge is 0.507 e. The number of hydrogen-bond acceptors (Lipinski definition) is 3. The number of hydrogen-bond donors (Lipinski definition) is 1. The molecule has 2 rings (SSSR count). The Hall–Kier alpha value is -2.10. The topological polar surface area (TPSA) is 42.4 Å². The van der Waals surface area contributed by atoms with Gasteiger partial charge in [-0.3, -0.25) is 4.98 Å². The maximum atomic E-state index is 13.1. The summed E-state index contributed by atoms with van der Waals surface area (Å²) in [6, 6.07) is 7.11. The van der Waals surface area contributed by atoms with E-state index in [0.717, 1.165) is 0 Å². The number of nitrogens with zero attached hydrogens (tertiary/aromatic N) is 1. The molecule has 1 aromatic carbocycles. The fraction of sp³-hybridized carbons (Fsp3) is 0.0833. The van der Waals surface area contributed by atoms with E-state index in [2.05, 4.69) is 4.98 Å². The maximum Gasteiger partial charge on any atom is 0.145 e. The van der Waals surface area contributed by atoms with Gasteiger partial charge in [0.25, 0.3) is 0 Å². The molecule has 2 aromatic rings. The fourth-order valence-electron chi connectivity index (χ4n) is 1.46. The second-order valence-electron chi connectivity index (χ2n) is 3.22. The molecular weight excluding hydrogens is 209 g/mol. The summed E-state index contributed by atoms with van der Waals surface area (Å²) in [5.41, 5.74) is 0.736. The van der Waals surface area contributed by atoms with E-state index in [1.54, 1.807) is 18.3 Å². The first-order chi connectivity index (χ1) is 7.72. The molecular formula is C12H10FNO2. The summed E-state index contributed by atoms with van der Waals surface area (Å²) >= 11 is 0. The minimum atomic E-state index is -0.430. The Morgan fingerprint density at radius 2 is 2.12 bits per heavy atom. The van der Waals surface area contributed by atoms with Crippen LogP contribution in [0.2, 0.25) is 0 Å². The van der Waals surface area contributed by atoms with Gasteiger partial charge in [0.2, 0.25) is 0 Å². The Bertz CT molecular complexity index is 514. The lowest BCUT2D eigenvalue weighted by Gasteiger charge is -2.08. The van der Waals surface area contributed by atoms with Gasteiger partial charge in [0.05, 0.1) is 7.11 Å². The first kappa shape index (κ1) is 10.4. The van der Waals surface area contributed by atoms with Crippen LogP contribution in [0, 0.1) is 5.82 Å². The van der Waals surface area contributed by atoms with Gasteiger partial charge in [0.1, 0.15) is 23.0 Å². The standard InChI is InChI=1S/C12H10FNO2/c1-16-11-3-2-6-14-12(11)9-7-8(13)4-5-10(9)15/h2-7,15H,1H3. The molecule has 0 aliphatic carbocycles. The van der Waals surface area contributed by atoms with Gasteiger partial charge in [-0.15, -0.1) is 0 Å². The summed E-state index contributed by atoms with van der Waals surface area (Å²) in [5.74, 6) is 0.0299. The predicted molar refractivity (Wildman–Crippen MR) is 57.8 cm³/mol. The molecule has 0 amide bonds. The van der Waals surface area contributed by atoms with Crippen molar-refractivity contribution < 1.29 is 14.2 Å². The number of ether oxygens (including phenoxy) is 1. The minimum absolute atomic E-state index is 0.0293. The van der Waals surface area contributed by atoms with Crippen LogP contribution in [0.15, 0.2) is 36.5 Å². The van der Waals surface area contributed by atoms with Crippen molar-refractivity contribution in [1.29, 1.82) is 0 Å². The van der Waals surface area contributed by atoms with Gasteiger partial charge < -0.3 is 9.84 Å². The summed E-state index contributed by atoms with van der Waals surface area (Å²) in [5, 5.41) is 9.65. The second kappa shape index (κ2) is 4.18. The van der Waals surface area contributed by atoms with Crippen molar-refractivity contribution in [3.63, 3.8) is 0 Å². The molecule has 82 valence electrons. The summed E-state index contributed by atoms with van der Waals surface area (Å²) in [6.07, 6.45) is 1.56. The first-order valence-electron chi connectivity index (χ1n) is 4.70. The summed E-state index contributed by atoms with van der Waals surface area (Å²) < 4.78 is 18.2. The van der Waals surface area contributed by atoms with Gasteiger partial charge >= 0.3 is 0 Å². The highest BCUT2D eigenvalue weighted by Crippen LogP contribution is 2.33. The van der Waals surface area contributed by atoms with E-state index in [1.165, 1.54) is 25.3 Å². The summed E-state index contributed by atoms with van der Waals surface area (Å²) in [7, 11) is 1.50. The van der Waals surface area contributed by atoms with Crippen LogP contribution in [0.5, 0.6) is 11.5 Å².